The molecule has 54 heavy (non-hydrogen) atoms. The summed E-state index contributed by atoms with van der Waals surface area (Å²) in [5.41, 5.74) is 8.78. The van der Waals surface area contributed by atoms with Gasteiger partial charge in [0.25, 0.3) is 0 Å². The summed E-state index contributed by atoms with van der Waals surface area (Å²) in [4.78, 5) is 0.485. The molecule has 0 aliphatic carbocycles. The number of benzene rings is 4. The molecular weight excluding hydrogens is 735 g/mol. The molecule has 10 nitrogen and oxygen atoms in total. The number of nitrogens with zero attached hydrogens (tertiary/aromatic N) is 4. The smallest absolute Gasteiger partial charge is 0.230 e. The summed E-state index contributed by atoms with van der Waals surface area (Å²) >= 11 is 0. The van der Waals surface area contributed by atoms with Crippen LogP contribution in [0.3, 0.4) is 0 Å². The van der Waals surface area contributed by atoms with E-state index in [1.54, 1.807) is 94.4 Å². The van der Waals surface area contributed by atoms with Crippen molar-refractivity contribution >= 4 is 31.1 Å². The molecule has 0 fully saturated rings. The lowest BCUT2D eigenvalue weighted by Gasteiger charge is -2.04. The maximum absolute atomic E-state index is 13.4. The van der Waals surface area contributed by atoms with Gasteiger partial charge in [-0.1, -0.05) is 62.4 Å². The third-order valence-electron chi connectivity index (χ3n) is 8.95. The lowest BCUT2D eigenvalue weighted by atomic mass is 10.0. The zero-order valence-corrected chi connectivity index (χ0v) is 31.3. The quantitative estimate of drug-likeness (QED) is 0.150. The van der Waals surface area contributed by atoms with Crippen molar-refractivity contribution < 1.29 is 34.5 Å². The molecule has 0 spiro atoms. The van der Waals surface area contributed by atoms with E-state index in [2.05, 4.69) is 10.2 Å². The summed E-state index contributed by atoms with van der Waals surface area (Å²) < 4.78 is 88.6. The molecule has 0 saturated carbocycles. The van der Waals surface area contributed by atoms with Crippen LogP contribution in [0, 0.1) is 11.6 Å². The highest BCUT2D eigenvalue weighted by Crippen LogP contribution is 2.38. The van der Waals surface area contributed by atoms with Crippen LogP contribution in [0.4, 0.5) is 8.78 Å². The number of aryl methyl sites for hydroxylation is 2. The van der Waals surface area contributed by atoms with Crippen molar-refractivity contribution in [2.24, 2.45) is 0 Å². The number of halogens is 2. The van der Waals surface area contributed by atoms with Crippen molar-refractivity contribution in [2.45, 2.75) is 36.5 Å². The summed E-state index contributed by atoms with van der Waals surface area (Å²) in [7, 11) is -6.56. The van der Waals surface area contributed by atoms with Gasteiger partial charge >= 0.3 is 0 Å². The minimum Gasteiger partial charge on any atom is -0.444 e. The lowest BCUT2D eigenvalue weighted by molar-refractivity contribution is 0.600. The zero-order chi connectivity index (χ0) is 38.4. The van der Waals surface area contributed by atoms with E-state index < -0.39 is 19.7 Å². The van der Waals surface area contributed by atoms with Gasteiger partial charge in [-0.25, -0.2) is 34.6 Å². The normalized spacial score (nSPS) is 12.0. The van der Waals surface area contributed by atoms with Crippen molar-refractivity contribution in [3.8, 4) is 44.8 Å². The van der Waals surface area contributed by atoms with Gasteiger partial charge in [-0.05, 0) is 72.5 Å². The van der Waals surface area contributed by atoms with Crippen LogP contribution in [0.25, 0.3) is 56.2 Å². The fraction of sp³-hybridized carbons (Fsp3) is 0.150. The molecule has 0 unspecified atom stereocenters. The highest BCUT2D eigenvalue weighted by molar-refractivity contribution is 7.91. The standard InChI is InChI=1S/2C20H17FN2O3S/c2*1-3-16-12-26-20-18(13-4-8-15(21)9-5-13)19(22-23(16)20)14-6-10-17(11-7-14)27(2,24)25/h2*4-12H,3H2,1-2H3. The first kappa shape index (κ1) is 36.5. The average Bonchev–Trinajstić information content (AvgIpc) is 3.93. The Morgan fingerprint density at radius 1 is 0.519 bits per heavy atom. The van der Waals surface area contributed by atoms with E-state index in [1.165, 1.54) is 36.8 Å². The largest absolute Gasteiger partial charge is 0.444 e. The molecule has 0 atom stereocenters. The molecule has 4 aromatic heterocycles. The third kappa shape index (κ3) is 6.97. The van der Waals surface area contributed by atoms with Crippen LogP contribution >= 0.6 is 0 Å². The van der Waals surface area contributed by atoms with Crippen LogP contribution < -0.4 is 0 Å². The van der Waals surface area contributed by atoms with Gasteiger partial charge in [-0.15, -0.1) is 0 Å². The fourth-order valence-electron chi connectivity index (χ4n) is 6.10. The second-order valence-electron chi connectivity index (χ2n) is 12.6. The number of hydrogen-bond acceptors (Lipinski definition) is 8. The van der Waals surface area contributed by atoms with Gasteiger partial charge in [-0.3, -0.25) is 0 Å². The first-order valence-corrected chi connectivity index (χ1v) is 20.7. The van der Waals surface area contributed by atoms with Crippen LogP contribution in [0.5, 0.6) is 0 Å². The van der Waals surface area contributed by atoms with Crippen molar-refractivity contribution in [3.05, 3.63) is 133 Å². The predicted octanol–water partition coefficient (Wildman–Crippen LogP) is 8.73. The molecule has 14 heteroatoms. The predicted molar refractivity (Wildman–Crippen MR) is 202 cm³/mol. The number of aromatic nitrogens is 4. The molecule has 8 aromatic rings. The lowest BCUT2D eigenvalue weighted by Crippen LogP contribution is -1.96. The molecular formula is C40H34F2N4O6S2. The molecule has 8 rings (SSSR count). The number of rotatable bonds is 8. The minimum absolute atomic E-state index is 0.242. The molecule has 0 aliphatic rings. The molecule has 0 saturated heterocycles. The van der Waals surface area contributed by atoms with Gasteiger partial charge in [-0.2, -0.15) is 10.2 Å². The Hall–Kier alpha value is -5.86. The van der Waals surface area contributed by atoms with E-state index in [1.807, 2.05) is 13.8 Å². The van der Waals surface area contributed by atoms with Crippen LogP contribution in [0.15, 0.2) is 128 Å². The monoisotopic (exact) mass is 768 g/mol. The van der Waals surface area contributed by atoms with Crippen molar-refractivity contribution in [1.82, 2.24) is 19.2 Å². The van der Waals surface area contributed by atoms with Crippen LogP contribution in [0.1, 0.15) is 25.2 Å². The Morgan fingerprint density at radius 3 is 1.13 bits per heavy atom. The van der Waals surface area contributed by atoms with Crippen molar-refractivity contribution in [1.29, 1.82) is 0 Å². The third-order valence-corrected chi connectivity index (χ3v) is 11.2. The molecule has 4 heterocycles. The van der Waals surface area contributed by atoms with Crippen molar-refractivity contribution in [3.63, 3.8) is 0 Å². The molecule has 276 valence electrons. The van der Waals surface area contributed by atoms with Crippen molar-refractivity contribution in [2.75, 3.05) is 12.5 Å². The van der Waals surface area contributed by atoms with Crippen LogP contribution in [0.2, 0.25) is 0 Å². The van der Waals surface area contributed by atoms with E-state index in [0.29, 0.717) is 22.8 Å². The summed E-state index contributed by atoms with van der Waals surface area (Å²) in [6.07, 6.45) is 7.14. The summed E-state index contributed by atoms with van der Waals surface area (Å²) in [6.45, 7) is 4.01. The highest BCUT2D eigenvalue weighted by atomic mass is 32.2. The van der Waals surface area contributed by atoms with Crippen LogP contribution in [-0.2, 0) is 32.5 Å². The van der Waals surface area contributed by atoms with Gasteiger partial charge in [0, 0.05) is 23.6 Å². The Bertz CT molecular complexity index is 2640. The Balaban J connectivity index is 0.000000167. The number of oxazole rings is 2. The van der Waals surface area contributed by atoms with Gasteiger partial charge in [0.15, 0.2) is 19.7 Å². The number of sulfone groups is 2. The van der Waals surface area contributed by atoms with Gasteiger partial charge in [0.1, 0.15) is 35.5 Å². The SMILES string of the molecule is CCc1coc2c(-c3ccc(F)cc3)c(-c3ccc(S(C)(=O)=O)cc3)nn12.CCc1coc2c(-c3ccc(F)cc3)c(-c3ccc(S(C)(=O)=O)cc3)nn12. The van der Waals surface area contributed by atoms with E-state index in [4.69, 9.17) is 8.83 Å². The minimum atomic E-state index is -3.28. The van der Waals surface area contributed by atoms with E-state index in [0.717, 1.165) is 57.6 Å². The average molecular weight is 769 g/mol. The fourth-order valence-corrected chi connectivity index (χ4v) is 7.36. The molecule has 0 bridgehead atoms. The van der Waals surface area contributed by atoms with Gasteiger partial charge in [0.2, 0.25) is 11.4 Å². The molecule has 0 radical (unpaired) electrons. The van der Waals surface area contributed by atoms with Gasteiger partial charge in [0.05, 0.1) is 32.3 Å². The molecule has 0 amide bonds. The summed E-state index contributed by atoms with van der Waals surface area (Å²) in [5.74, 6) is -0.648. The first-order valence-electron chi connectivity index (χ1n) is 16.9. The number of fused-ring (bicyclic) bond motifs is 2. The van der Waals surface area contributed by atoms with Gasteiger partial charge < -0.3 is 8.83 Å². The second-order valence-corrected chi connectivity index (χ2v) is 16.7. The Labute approximate surface area is 310 Å². The number of hydrogen-bond donors (Lipinski definition) is 0. The van der Waals surface area contributed by atoms with E-state index in [-0.39, 0.29) is 21.4 Å². The zero-order valence-electron chi connectivity index (χ0n) is 29.6. The Kier molecular flexibility index (Phi) is 9.58. The first-order chi connectivity index (χ1) is 25.8. The summed E-state index contributed by atoms with van der Waals surface area (Å²) in [5, 5.41) is 9.37. The Morgan fingerprint density at radius 2 is 0.833 bits per heavy atom. The molecule has 0 aliphatic heterocycles. The second kappa shape index (κ2) is 14.2. The van der Waals surface area contributed by atoms with E-state index in [9.17, 15) is 25.6 Å². The maximum atomic E-state index is 13.4. The maximum Gasteiger partial charge on any atom is 0.230 e. The summed E-state index contributed by atoms with van der Waals surface area (Å²) in [6, 6.07) is 25.4. The van der Waals surface area contributed by atoms with Crippen LogP contribution in [-0.4, -0.2) is 48.6 Å². The topological polar surface area (TPSA) is 129 Å². The molecule has 0 N–H and O–H groups in total. The highest BCUT2D eigenvalue weighted by Gasteiger charge is 2.23. The molecule has 4 aromatic carbocycles. The van der Waals surface area contributed by atoms with E-state index >= 15 is 0 Å².